The molecule has 0 amide bonds. The van der Waals surface area contributed by atoms with E-state index in [1.54, 1.807) is 18.4 Å². The van der Waals surface area contributed by atoms with Crippen LogP contribution >= 0.6 is 11.3 Å². The van der Waals surface area contributed by atoms with E-state index in [0.717, 1.165) is 16.8 Å². The van der Waals surface area contributed by atoms with E-state index in [1.165, 1.54) is 4.70 Å². The zero-order valence-corrected chi connectivity index (χ0v) is 7.52. The Morgan fingerprint density at radius 1 is 1.42 bits per heavy atom. The first-order chi connectivity index (χ1) is 5.81. The van der Waals surface area contributed by atoms with Gasteiger partial charge in [0.2, 0.25) is 0 Å². The van der Waals surface area contributed by atoms with Crippen LogP contribution in [0.4, 0.5) is 5.69 Å². The number of fused-ring (bicyclic) bond motifs is 1. The van der Waals surface area contributed by atoms with Crippen LogP contribution in [-0.4, -0.2) is 7.11 Å². The summed E-state index contributed by atoms with van der Waals surface area (Å²) in [6, 6.07) is 5.90. The molecule has 0 aliphatic heterocycles. The smallest absolute Gasteiger partial charge is 0.120 e. The molecule has 0 aliphatic rings. The van der Waals surface area contributed by atoms with Crippen LogP contribution in [0.3, 0.4) is 0 Å². The summed E-state index contributed by atoms with van der Waals surface area (Å²) < 4.78 is 6.27. The summed E-state index contributed by atoms with van der Waals surface area (Å²) >= 11 is 1.64. The molecule has 2 N–H and O–H groups in total. The third-order valence-corrected chi connectivity index (χ3v) is 2.78. The molecule has 0 aliphatic carbocycles. The first-order valence-corrected chi connectivity index (χ1v) is 4.50. The summed E-state index contributed by atoms with van der Waals surface area (Å²) in [5, 5.41) is 3.06. The van der Waals surface area contributed by atoms with Crippen molar-refractivity contribution in [3.8, 4) is 5.75 Å². The minimum Gasteiger partial charge on any atom is -0.497 e. The summed E-state index contributed by atoms with van der Waals surface area (Å²) in [4.78, 5) is 0. The number of nitrogens with two attached hydrogens (primary N) is 1. The van der Waals surface area contributed by atoms with Crippen molar-refractivity contribution in [2.75, 3.05) is 12.8 Å². The Bertz CT molecular complexity index is 408. The number of ether oxygens (including phenoxy) is 1. The van der Waals surface area contributed by atoms with Gasteiger partial charge in [-0.2, -0.15) is 0 Å². The van der Waals surface area contributed by atoms with E-state index in [0.29, 0.717) is 0 Å². The van der Waals surface area contributed by atoms with E-state index < -0.39 is 0 Å². The number of anilines is 1. The van der Waals surface area contributed by atoms with Gasteiger partial charge in [0, 0.05) is 15.5 Å². The molecule has 1 heterocycles. The van der Waals surface area contributed by atoms with Crippen molar-refractivity contribution in [3.05, 3.63) is 23.6 Å². The maximum atomic E-state index is 5.74. The number of rotatable bonds is 1. The Morgan fingerprint density at radius 2 is 2.25 bits per heavy atom. The molecule has 2 nitrogen and oxygen atoms in total. The van der Waals surface area contributed by atoms with Gasteiger partial charge in [0.15, 0.2) is 0 Å². The second kappa shape index (κ2) is 2.68. The molecule has 62 valence electrons. The molecule has 0 fully saturated rings. The number of methoxy groups -OCH3 is 1. The van der Waals surface area contributed by atoms with Gasteiger partial charge in [-0.3, -0.25) is 0 Å². The number of thiophene rings is 1. The normalized spacial score (nSPS) is 10.4. The van der Waals surface area contributed by atoms with Crippen LogP contribution in [0.15, 0.2) is 23.6 Å². The standard InChI is InChI=1S/C9H9NOS/c1-11-6-2-3-7-8(10)5-12-9(7)4-6/h2-5H,10H2,1H3. The number of hydrogen-bond acceptors (Lipinski definition) is 3. The molecule has 0 unspecified atom stereocenters. The van der Waals surface area contributed by atoms with Crippen molar-refractivity contribution in [3.63, 3.8) is 0 Å². The highest BCUT2D eigenvalue weighted by Crippen LogP contribution is 2.30. The van der Waals surface area contributed by atoms with Gasteiger partial charge in [0.05, 0.1) is 12.8 Å². The molecular weight excluding hydrogens is 170 g/mol. The number of nitrogen functional groups attached to an aromatic ring is 1. The molecule has 2 aromatic rings. The summed E-state index contributed by atoms with van der Waals surface area (Å²) in [6.45, 7) is 0. The number of benzene rings is 1. The third kappa shape index (κ3) is 1.02. The third-order valence-electron chi connectivity index (χ3n) is 1.81. The maximum Gasteiger partial charge on any atom is 0.120 e. The summed E-state index contributed by atoms with van der Waals surface area (Å²) in [7, 11) is 1.66. The first kappa shape index (κ1) is 7.43. The van der Waals surface area contributed by atoms with Gasteiger partial charge < -0.3 is 10.5 Å². The summed E-state index contributed by atoms with van der Waals surface area (Å²) in [6.07, 6.45) is 0. The van der Waals surface area contributed by atoms with Crippen LogP contribution in [-0.2, 0) is 0 Å². The Hall–Kier alpha value is -1.22. The van der Waals surface area contributed by atoms with E-state index in [2.05, 4.69) is 0 Å². The van der Waals surface area contributed by atoms with Crippen molar-refractivity contribution in [1.82, 2.24) is 0 Å². The fraction of sp³-hybridized carbons (Fsp3) is 0.111. The van der Waals surface area contributed by atoms with Gasteiger partial charge in [0.25, 0.3) is 0 Å². The van der Waals surface area contributed by atoms with Crippen LogP contribution in [0.5, 0.6) is 5.75 Å². The largest absolute Gasteiger partial charge is 0.497 e. The lowest BCUT2D eigenvalue weighted by atomic mass is 10.2. The van der Waals surface area contributed by atoms with E-state index >= 15 is 0 Å². The van der Waals surface area contributed by atoms with Crippen LogP contribution in [0.2, 0.25) is 0 Å². The zero-order chi connectivity index (χ0) is 8.55. The van der Waals surface area contributed by atoms with Gasteiger partial charge in [-0.25, -0.2) is 0 Å². The minimum atomic E-state index is 0.845. The molecule has 1 aromatic carbocycles. The van der Waals surface area contributed by atoms with Gasteiger partial charge in [-0.15, -0.1) is 11.3 Å². The first-order valence-electron chi connectivity index (χ1n) is 3.62. The molecular formula is C9H9NOS. The van der Waals surface area contributed by atoms with Gasteiger partial charge in [-0.1, -0.05) is 0 Å². The molecule has 2 rings (SSSR count). The van der Waals surface area contributed by atoms with Gasteiger partial charge >= 0.3 is 0 Å². The molecule has 0 spiro atoms. The highest BCUT2D eigenvalue weighted by molar-refractivity contribution is 7.17. The average molecular weight is 179 g/mol. The molecule has 1 aromatic heterocycles. The lowest BCUT2D eigenvalue weighted by Gasteiger charge is -1.98. The van der Waals surface area contributed by atoms with Crippen molar-refractivity contribution in [2.45, 2.75) is 0 Å². The fourth-order valence-corrected chi connectivity index (χ4v) is 2.03. The molecule has 0 bridgehead atoms. The number of hydrogen-bond donors (Lipinski definition) is 1. The van der Waals surface area contributed by atoms with E-state index in [9.17, 15) is 0 Å². The van der Waals surface area contributed by atoms with Crippen LogP contribution in [0.25, 0.3) is 10.1 Å². The molecule has 3 heteroatoms. The van der Waals surface area contributed by atoms with Crippen molar-refractivity contribution in [2.24, 2.45) is 0 Å². The van der Waals surface area contributed by atoms with E-state index in [-0.39, 0.29) is 0 Å². The quantitative estimate of drug-likeness (QED) is 0.730. The molecule has 0 atom stereocenters. The Kier molecular flexibility index (Phi) is 1.66. The lowest BCUT2D eigenvalue weighted by Crippen LogP contribution is -1.82. The Labute approximate surface area is 74.6 Å². The average Bonchev–Trinajstić information content (AvgIpc) is 2.47. The predicted octanol–water partition coefficient (Wildman–Crippen LogP) is 2.49. The zero-order valence-electron chi connectivity index (χ0n) is 6.70. The lowest BCUT2D eigenvalue weighted by molar-refractivity contribution is 0.415. The van der Waals surface area contributed by atoms with Crippen molar-refractivity contribution >= 4 is 27.1 Å². The van der Waals surface area contributed by atoms with E-state index in [1.807, 2.05) is 23.6 Å². The van der Waals surface area contributed by atoms with Gasteiger partial charge in [-0.05, 0) is 18.2 Å². The molecule has 12 heavy (non-hydrogen) atoms. The topological polar surface area (TPSA) is 35.2 Å². The SMILES string of the molecule is COc1ccc2c(N)csc2c1. The minimum absolute atomic E-state index is 0.845. The Morgan fingerprint density at radius 3 is 3.00 bits per heavy atom. The van der Waals surface area contributed by atoms with Crippen molar-refractivity contribution < 1.29 is 4.74 Å². The molecule has 0 saturated carbocycles. The van der Waals surface area contributed by atoms with Crippen LogP contribution in [0.1, 0.15) is 0 Å². The second-order valence-corrected chi connectivity index (χ2v) is 3.46. The van der Waals surface area contributed by atoms with Crippen LogP contribution in [0, 0.1) is 0 Å². The molecule has 0 saturated heterocycles. The highest BCUT2D eigenvalue weighted by atomic mass is 32.1. The highest BCUT2D eigenvalue weighted by Gasteiger charge is 2.00. The van der Waals surface area contributed by atoms with Crippen LogP contribution < -0.4 is 10.5 Å². The maximum absolute atomic E-state index is 5.74. The Balaban J connectivity index is 2.69. The van der Waals surface area contributed by atoms with Gasteiger partial charge in [0.1, 0.15) is 5.75 Å². The summed E-state index contributed by atoms with van der Waals surface area (Å²) in [5.41, 5.74) is 6.58. The summed E-state index contributed by atoms with van der Waals surface area (Å²) in [5.74, 6) is 0.879. The molecule has 0 radical (unpaired) electrons. The second-order valence-electron chi connectivity index (χ2n) is 2.55. The van der Waals surface area contributed by atoms with Crippen molar-refractivity contribution in [1.29, 1.82) is 0 Å². The van der Waals surface area contributed by atoms with E-state index in [4.69, 9.17) is 10.5 Å². The fourth-order valence-electron chi connectivity index (χ4n) is 1.16. The monoisotopic (exact) mass is 179 g/mol. The predicted molar refractivity (Wildman–Crippen MR) is 52.8 cm³/mol.